The lowest BCUT2D eigenvalue weighted by Crippen LogP contribution is -2.43. The number of nitrogens with one attached hydrogen (secondary N) is 2. The van der Waals surface area contributed by atoms with Crippen LogP contribution in [0, 0.1) is 12.8 Å². The third-order valence-electron chi connectivity index (χ3n) is 5.67. The van der Waals surface area contributed by atoms with Crippen LogP contribution in [0.25, 0.3) is 0 Å². The molecule has 10 heteroatoms. The Kier molecular flexibility index (Phi) is 5.76. The fraction of sp³-hybridized carbons (Fsp3) is 0.429. The average molecular weight is 448 g/mol. The monoisotopic (exact) mass is 447 g/mol. The van der Waals surface area contributed by atoms with E-state index in [-0.39, 0.29) is 35.7 Å². The second-order valence-electron chi connectivity index (χ2n) is 7.84. The highest BCUT2D eigenvalue weighted by molar-refractivity contribution is 7.89. The molecule has 2 amide bonds. The summed E-state index contributed by atoms with van der Waals surface area (Å²) < 4.78 is 38.7. The van der Waals surface area contributed by atoms with Crippen molar-refractivity contribution in [3.05, 3.63) is 41.9 Å². The number of anilines is 1. The lowest BCUT2D eigenvalue weighted by molar-refractivity contribution is -0.126. The predicted molar refractivity (Wildman–Crippen MR) is 112 cm³/mol. The highest BCUT2D eigenvalue weighted by Gasteiger charge is 2.34. The van der Waals surface area contributed by atoms with Crippen LogP contribution >= 0.6 is 0 Å². The van der Waals surface area contributed by atoms with Gasteiger partial charge in [-0.15, -0.1) is 0 Å². The summed E-state index contributed by atoms with van der Waals surface area (Å²) in [6.45, 7) is 4.12. The zero-order valence-electron chi connectivity index (χ0n) is 17.4. The number of nitrogens with zero attached hydrogens (tertiary/aromatic N) is 1. The second-order valence-corrected chi connectivity index (χ2v) is 9.75. The van der Waals surface area contributed by atoms with E-state index in [2.05, 4.69) is 10.6 Å². The molecule has 4 rings (SSSR count). The summed E-state index contributed by atoms with van der Waals surface area (Å²) in [6, 6.07) is 6.62. The quantitative estimate of drug-likeness (QED) is 0.724. The van der Waals surface area contributed by atoms with Gasteiger partial charge in [0.25, 0.3) is 5.91 Å². The number of hydrogen-bond donors (Lipinski definition) is 2. The number of hydrogen-bond acceptors (Lipinski definition) is 6. The Bertz CT molecular complexity index is 1090. The van der Waals surface area contributed by atoms with Crippen molar-refractivity contribution in [1.29, 1.82) is 0 Å². The molecule has 1 fully saturated rings. The van der Waals surface area contributed by atoms with Crippen molar-refractivity contribution in [1.82, 2.24) is 9.62 Å². The Labute approximate surface area is 180 Å². The molecule has 2 aliphatic rings. The lowest BCUT2D eigenvalue weighted by atomic mass is 9.97. The number of piperidine rings is 1. The summed E-state index contributed by atoms with van der Waals surface area (Å²) in [5.74, 6) is 0.393. The minimum Gasteiger partial charge on any atom is -0.479 e. The molecule has 1 aromatic carbocycles. The predicted octanol–water partition coefficient (Wildman–Crippen LogP) is 2.02. The van der Waals surface area contributed by atoms with Crippen LogP contribution in [0.4, 0.5) is 5.69 Å². The standard InChI is InChI=1S/C21H25N3O6S/c1-13-10-17-18(30-14(2)20(25)23-17)11-19(13)31(27,28)24-7-5-15(6-8-24)21(26)22-12-16-4-3-9-29-16/h3-4,9-11,14-15H,5-8,12H2,1-2H3,(H,22,26)(H,23,25). The number of carbonyl (C=O) groups excluding carboxylic acids is 2. The summed E-state index contributed by atoms with van der Waals surface area (Å²) in [5, 5.41) is 5.56. The number of furan rings is 1. The second kappa shape index (κ2) is 8.35. The SMILES string of the molecule is Cc1cc2c(cc1S(=O)(=O)N1CCC(C(=O)NCc3ccco3)CC1)OC(C)C(=O)N2. The lowest BCUT2D eigenvalue weighted by Gasteiger charge is -2.31. The Balaban J connectivity index is 1.43. The van der Waals surface area contributed by atoms with Crippen LogP contribution in [0.5, 0.6) is 5.75 Å². The number of fused-ring (bicyclic) bond motifs is 1. The molecule has 1 aromatic heterocycles. The number of carbonyl (C=O) groups is 2. The van der Waals surface area contributed by atoms with Crippen LogP contribution < -0.4 is 15.4 Å². The Morgan fingerprint density at radius 1 is 1.29 bits per heavy atom. The van der Waals surface area contributed by atoms with E-state index in [0.29, 0.717) is 42.1 Å². The van der Waals surface area contributed by atoms with Crippen molar-refractivity contribution in [2.45, 2.75) is 44.2 Å². The molecule has 0 radical (unpaired) electrons. The van der Waals surface area contributed by atoms with Crippen LogP contribution in [-0.4, -0.2) is 43.7 Å². The first-order valence-electron chi connectivity index (χ1n) is 10.2. The van der Waals surface area contributed by atoms with E-state index in [1.807, 2.05) is 0 Å². The minimum atomic E-state index is -3.76. The largest absolute Gasteiger partial charge is 0.479 e. The summed E-state index contributed by atoms with van der Waals surface area (Å²) in [4.78, 5) is 24.4. The first-order valence-corrected chi connectivity index (χ1v) is 11.6. The highest BCUT2D eigenvalue weighted by Crippen LogP contribution is 2.36. The van der Waals surface area contributed by atoms with Gasteiger partial charge in [0, 0.05) is 25.1 Å². The first-order chi connectivity index (χ1) is 14.8. The molecule has 0 bridgehead atoms. The van der Waals surface area contributed by atoms with E-state index in [1.165, 1.54) is 10.4 Å². The molecular formula is C21H25N3O6S. The molecule has 166 valence electrons. The molecule has 0 aliphatic carbocycles. The van der Waals surface area contributed by atoms with E-state index < -0.39 is 16.1 Å². The average Bonchev–Trinajstić information content (AvgIpc) is 3.26. The number of sulfonamides is 1. The minimum absolute atomic E-state index is 0.100. The van der Waals surface area contributed by atoms with Crippen LogP contribution in [0.3, 0.4) is 0 Å². The number of benzene rings is 1. The van der Waals surface area contributed by atoms with Gasteiger partial charge >= 0.3 is 0 Å². The van der Waals surface area contributed by atoms with Crippen molar-refractivity contribution >= 4 is 27.5 Å². The van der Waals surface area contributed by atoms with Crippen molar-refractivity contribution in [2.24, 2.45) is 5.92 Å². The van der Waals surface area contributed by atoms with Gasteiger partial charge in [0.2, 0.25) is 15.9 Å². The smallest absolute Gasteiger partial charge is 0.265 e. The molecule has 0 saturated carbocycles. The number of ether oxygens (including phenoxy) is 1. The maximum atomic E-state index is 13.3. The first kappa shape index (κ1) is 21.4. The van der Waals surface area contributed by atoms with Crippen molar-refractivity contribution in [3.63, 3.8) is 0 Å². The van der Waals surface area contributed by atoms with E-state index in [4.69, 9.17) is 9.15 Å². The molecule has 0 spiro atoms. The van der Waals surface area contributed by atoms with Crippen LogP contribution in [0.15, 0.2) is 39.8 Å². The van der Waals surface area contributed by atoms with Crippen LogP contribution in [-0.2, 0) is 26.2 Å². The number of amides is 2. The van der Waals surface area contributed by atoms with Crippen molar-refractivity contribution in [2.75, 3.05) is 18.4 Å². The van der Waals surface area contributed by atoms with E-state index in [1.54, 1.807) is 38.3 Å². The van der Waals surface area contributed by atoms with Gasteiger partial charge in [0.1, 0.15) is 11.5 Å². The zero-order valence-corrected chi connectivity index (χ0v) is 18.2. The van der Waals surface area contributed by atoms with Gasteiger partial charge in [-0.25, -0.2) is 8.42 Å². The molecule has 1 saturated heterocycles. The van der Waals surface area contributed by atoms with E-state index >= 15 is 0 Å². The van der Waals surface area contributed by atoms with Gasteiger partial charge in [-0.05, 0) is 50.5 Å². The van der Waals surface area contributed by atoms with Gasteiger partial charge in [-0.1, -0.05) is 0 Å². The third kappa shape index (κ3) is 4.31. The fourth-order valence-electron chi connectivity index (χ4n) is 3.85. The van der Waals surface area contributed by atoms with Gasteiger partial charge < -0.3 is 19.8 Å². The van der Waals surface area contributed by atoms with Gasteiger partial charge in [0.15, 0.2) is 6.10 Å². The molecule has 9 nitrogen and oxygen atoms in total. The number of rotatable bonds is 5. The summed E-state index contributed by atoms with van der Waals surface area (Å²) >= 11 is 0. The summed E-state index contributed by atoms with van der Waals surface area (Å²) in [6.07, 6.45) is 1.74. The Morgan fingerprint density at radius 3 is 2.71 bits per heavy atom. The van der Waals surface area contributed by atoms with E-state index in [0.717, 1.165) is 0 Å². The van der Waals surface area contributed by atoms with Crippen molar-refractivity contribution < 1.29 is 27.2 Å². The molecule has 2 N–H and O–H groups in total. The topological polar surface area (TPSA) is 118 Å². The molecule has 2 aromatic rings. The number of aryl methyl sites for hydroxylation is 1. The third-order valence-corrected chi connectivity index (χ3v) is 7.71. The van der Waals surface area contributed by atoms with Crippen LogP contribution in [0.1, 0.15) is 31.1 Å². The molecular weight excluding hydrogens is 422 g/mol. The van der Waals surface area contributed by atoms with Gasteiger partial charge in [0.05, 0.1) is 23.4 Å². The normalized spacial score (nSPS) is 19.9. The fourth-order valence-corrected chi connectivity index (χ4v) is 5.54. The zero-order chi connectivity index (χ0) is 22.2. The molecule has 2 aliphatic heterocycles. The van der Waals surface area contributed by atoms with Crippen LogP contribution in [0.2, 0.25) is 0 Å². The molecule has 1 atom stereocenters. The maximum absolute atomic E-state index is 13.3. The molecule has 3 heterocycles. The van der Waals surface area contributed by atoms with Crippen molar-refractivity contribution in [3.8, 4) is 5.75 Å². The molecule has 31 heavy (non-hydrogen) atoms. The Morgan fingerprint density at radius 2 is 2.03 bits per heavy atom. The summed E-state index contributed by atoms with van der Waals surface area (Å²) in [7, 11) is -3.76. The van der Waals surface area contributed by atoms with Gasteiger partial charge in [-0.3, -0.25) is 9.59 Å². The summed E-state index contributed by atoms with van der Waals surface area (Å²) in [5.41, 5.74) is 0.988. The highest BCUT2D eigenvalue weighted by atomic mass is 32.2. The maximum Gasteiger partial charge on any atom is 0.265 e. The Hall–Kier alpha value is -2.85. The van der Waals surface area contributed by atoms with E-state index in [9.17, 15) is 18.0 Å². The molecule has 1 unspecified atom stereocenters. The van der Waals surface area contributed by atoms with Gasteiger partial charge in [-0.2, -0.15) is 4.31 Å².